The Labute approximate surface area is 190 Å². The maximum absolute atomic E-state index is 5.93. The average molecular weight is 438 g/mol. The molecule has 32 heavy (non-hydrogen) atoms. The number of rotatable bonds is 5. The number of nitrogens with two attached hydrogens (primary N) is 1. The normalized spacial score (nSPS) is 11.9. The van der Waals surface area contributed by atoms with Crippen LogP contribution in [0.5, 0.6) is 0 Å². The van der Waals surface area contributed by atoms with Gasteiger partial charge in [0.1, 0.15) is 5.69 Å². The Morgan fingerprint density at radius 3 is 2.69 bits per heavy atom. The highest BCUT2D eigenvalue weighted by molar-refractivity contribution is 7.13. The van der Waals surface area contributed by atoms with Crippen molar-refractivity contribution in [3.05, 3.63) is 94.6 Å². The van der Waals surface area contributed by atoms with E-state index in [1.807, 2.05) is 24.4 Å². The number of benzene rings is 1. The van der Waals surface area contributed by atoms with Gasteiger partial charge in [0.25, 0.3) is 0 Å². The van der Waals surface area contributed by atoms with Gasteiger partial charge in [0.05, 0.1) is 16.9 Å². The third-order valence-corrected chi connectivity index (χ3v) is 6.54. The van der Waals surface area contributed by atoms with Crippen LogP contribution in [-0.4, -0.2) is 20.2 Å². The second-order valence-electron chi connectivity index (χ2n) is 7.79. The molecule has 0 bridgehead atoms. The van der Waals surface area contributed by atoms with Crippen molar-refractivity contribution in [2.24, 2.45) is 0 Å². The number of nitrogens with zero attached hydrogens (tertiary/aromatic N) is 2. The third-order valence-electron chi connectivity index (χ3n) is 5.51. The number of aromatic amines is 2. The zero-order valence-corrected chi connectivity index (χ0v) is 18.8. The van der Waals surface area contributed by atoms with E-state index in [2.05, 4.69) is 77.0 Å². The lowest BCUT2D eigenvalue weighted by Gasteiger charge is -2.04. The lowest BCUT2D eigenvalue weighted by Crippen LogP contribution is -1.87. The summed E-state index contributed by atoms with van der Waals surface area (Å²) in [5, 5.41) is 8.82. The topological polar surface area (TPSA) is 83.4 Å². The van der Waals surface area contributed by atoms with E-state index in [1.54, 1.807) is 17.5 Å². The molecule has 158 valence electrons. The van der Waals surface area contributed by atoms with Crippen LogP contribution in [0, 0.1) is 13.8 Å². The second kappa shape index (κ2) is 7.98. The molecule has 0 saturated heterocycles. The summed E-state index contributed by atoms with van der Waals surface area (Å²) in [6, 6.07) is 14.6. The van der Waals surface area contributed by atoms with Gasteiger partial charge in [0, 0.05) is 49.9 Å². The van der Waals surface area contributed by atoms with Crippen LogP contribution in [0.15, 0.2) is 73.6 Å². The van der Waals surface area contributed by atoms with E-state index in [1.165, 1.54) is 9.75 Å². The lowest BCUT2D eigenvalue weighted by molar-refractivity contribution is 1.11. The summed E-state index contributed by atoms with van der Waals surface area (Å²) >= 11 is 1.78. The van der Waals surface area contributed by atoms with Gasteiger partial charge in [-0.25, -0.2) is 0 Å². The molecule has 0 atom stereocenters. The van der Waals surface area contributed by atoms with Gasteiger partial charge < -0.3 is 10.7 Å². The smallest absolute Gasteiger partial charge is 0.116 e. The monoisotopic (exact) mass is 437 g/mol. The molecule has 4 aromatic heterocycles. The van der Waals surface area contributed by atoms with Crippen LogP contribution in [0.2, 0.25) is 0 Å². The molecule has 0 amide bonds. The lowest BCUT2D eigenvalue weighted by atomic mass is 10.0. The van der Waals surface area contributed by atoms with Crippen LogP contribution in [0.3, 0.4) is 0 Å². The molecular formula is C26H23N5S. The van der Waals surface area contributed by atoms with Gasteiger partial charge in [-0.2, -0.15) is 5.10 Å². The van der Waals surface area contributed by atoms with E-state index in [0.717, 1.165) is 50.2 Å². The molecular weight excluding hydrogens is 414 g/mol. The van der Waals surface area contributed by atoms with Crippen LogP contribution in [0.25, 0.3) is 39.0 Å². The molecule has 6 heteroatoms. The van der Waals surface area contributed by atoms with Crippen molar-refractivity contribution >= 4 is 33.5 Å². The minimum atomic E-state index is 0.644. The number of thiophene rings is 1. The molecule has 0 radical (unpaired) electrons. The van der Waals surface area contributed by atoms with Gasteiger partial charge in [0.15, 0.2) is 0 Å². The molecule has 1 aromatic carbocycles. The first-order valence-electron chi connectivity index (χ1n) is 10.3. The van der Waals surface area contributed by atoms with Crippen molar-refractivity contribution in [1.82, 2.24) is 20.2 Å². The van der Waals surface area contributed by atoms with Crippen LogP contribution in [0.4, 0.5) is 5.69 Å². The highest BCUT2D eigenvalue weighted by atomic mass is 32.1. The van der Waals surface area contributed by atoms with Gasteiger partial charge in [-0.3, -0.25) is 10.1 Å². The SMILES string of the molecule is C=C/C=C(/c1ccc(C)s1)c1cc(-c2n[nH]c3ccc(-c4cncc(N)c4)cc23)[nH]c1C. The fourth-order valence-corrected chi connectivity index (χ4v) is 4.89. The fourth-order valence-electron chi connectivity index (χ4n) is 3.98. The molecule has 5 nitrogen and oxygen atoms in total. The van der Waals surface area contributed by atoms with Crippen LogP contribution < -0.4 is 5.73 Å². The minimum Gasteiger partial charge on any atom is -0.397 e. The highest BCUT2D eigenvalue weighted by Gasteiger charge is 2.17. The van der Waals surface area contributed by atoms with E-state index in [9.17, 15) is 0 Å². The van der Waals surface area contributed by atoms with Crippen LogP contribution >= 0.6 is 11.3 Å². The maximum atomic E-state index is 5.93. The first-order valence-corrected chi connectivity index (χ1v) is 11.1. The Hall–Kier alpha value is -3.90. The van der Waals surface area contributed by atoms with E-state index < -0.39 is 0 Å². The number of aromatic nitrogens is 4. The van der Waals surface area contributed by atoms with E-state index in [0.29, 0.717) is 5.69 Å². The number of hydrogen-bond acceptors (Lipinski definition) is 4. The minimum absolute atomic E-state index is 0.644. The quantitative estimate of drug-likeness (QED) is 0.275. The van der Waals surface area contributed by atoms with Crippen molar-refractivity contribution in [1.29, 1.82) is 0 Å². The first kappa shape index (κ1) is 20.0. The molecule has 0 saturated carbocycles. The van der Waals surface area contributed by atoms with E-state index in [4.69, 9.17) is 5.73 Å². The average Bonchev–Trinajstić information content (AvgIpc) is 3.50. The number of nitrogens with one attached hydrogen (secondary N) is 2. The van der Waals surface area contributed by atoms with Gasteiger partial charge in [-0.15, -0.1) is 11.3 Å². The molecule has 0 aliphatic rings. The molecule has 0 aliphatic carbocycles. The molecule has 5 aromatic rings. The number of allylic oxidation sites excluding steroid dienone is 2. The summed E-state index contributed by atoms with van der Waals surface area (Å²) in [4.78, 5) is 10.3. The summed E-state index contributed by atoms with van der Waals surface area (Å²) in [5.74, 6) is 0. The van der Waals surface area contributed by atoms with Crippen molar-refractivity contribution in [2.45, 2.75) is 13.8 Å². The van der Waals surface area contributed by atoms with E-state index in [-0.39, 0.29) is 0 Å². The Kier molecular flexibility index (Phi) is 4.99. The fraction of sp³-hybridized carbons (Fsp3) is 0.0769. The molecule has 0 unspecified atom stereocenters. The standard InChI is InChI=1S/C26H23N5S/c1-4-5-20(25-9-6-15(2)32-25)21-12-24(29-16(21)3)26-22-11-17(7-8-23(22)30-31-26)18-10-19(27)14-28-13-18/h4-14,29H,1,27H2,2-3H3,(H,30,31)/b20-5+. The number of H-pyrrole nitrogens is 2. The van der Waals surface area contributed by atoms with Crippen LogP contribution in [0.1, 0.15) is 21.0 Å². The number of anilines is 1. The van der Waals surface area contributed by atoms with Crippen LogP contribution in [-0.2, 0) is 0 Å². The summed E-state index contributed by atoms with van der Waals surface area (Å²) in [5.41, 5.74) is 14.8. The van der Waals surface area contributed by atoms with Crippen molar-refractivity contribution in [2.75, 3.05) is 5.73 Å². The zero-order valence-electron chi connectivity index (χ0n) is 17.9. The largest absolute Gasteiger partial charge is 0.397 e. The number of nitrogen functional groups attached to an aromatic ring is 1. The summed E-state index contributed by atoms with van der Waals surface area (Å²) < 4.78 is 0. The maximum Gasteiger partial charge on any atom is 0.116 e. The molecule has 4 heterocycles. The Morgan fingerprint density at radius 2 is 1.94 bits per heavy atom. The van der Waals surface area contributed by atoms with E-state index >= 15 is 0 Å². The van der Waals surface area contributed by atoms with Gasteiger partial charge >= 0.3 is 0 Å². The number of fused-ring (bicyclic) bond motifs is 1. The summed E-state index contributed by atoms with van der Waals surface area (Å²) in [7, 11) is 0. The molecule has 5 rings (SSSR count). The predicted octanol–water partition coefficient (Wildman–Crippen LogP) is 6.50. The summed E-state index contributed by atoms with van der Waals surface area (Å²) in [6.07, 6.45) is 7.38. The summed E-state index contributed by atoms with van der Waals surface area (Å²) in [6.45, 7) is 8.13. The zero-order chi connectivity index (χ0) is 22.2. The van der Waals surface area contributed by atoms with Crippen molar-refractivity contribution in [3.8, 4) is 22.5 Å². The number of aryl methyl sites for hydroxylation is 2. The molecule has 0 fully saturated rings. The Balaban J connectivity index is 1.61. The Morgan fingerprint density at radius 1 is 1.06 bits per heavy atom. The van der Waals surface area contributed by atoms with Gasteiger partial charge in [-0.1, -0.05) is 24.8 Å². The second-order valence-corrected chi connectivity index (χ2v) is 9.08. The Bertz CT molecular complexity index is 1480. The highest BCUT2D eigenvalue weighted by Crippen LogP contribution is 2.36. The number of hydrogen-bond donors (Lipinski definition) is 3. The van der Waals surface area contributed by atoms with Gasteiger partial charge in [-0.05, 0) is 55.8 Å². The van der Waals surface area contributed by atoms with Gasteiger partial charge in [0.2, 0.25) is 0 Å². The van der Waals surface area contributed by atoms with Crippen molar-refractivity contribution < 1.29 is 0 Å². The molecule has 0 aliphatic heterocycles. The predicted molar refractivity (Wildman–Crippen MR) is 135 cm³/mol. The number of pyridine rings is 1. The molecule has 4 N–H and O–H groups in total. The first-order chi connectivity index (χ1) is 15.5. The van der Waals surface area contributed by atoms with Crippen molar-refractivity contribution in [3.63, 3.8) is 0 Å². The molecule has 0 spiro atoms. The third kappa shape index (κ3) is 3.55.